The molecule has 0 fully saturated rings. The minimum Gasteiger partial charge on any atom is -0.487 e. The number of nitrogens with zero attached hydrogens (tertiary/aromatic N) is 3. The normalized spacial score (nSPS) is 11.1. The van der Waals surface area contributed by atoms with Crippen LogP contribution in [0.25, 0.3) is 0 Å². The lowest BCUT2D eigenvalue weighted by Gasteiger charge is -2.10. The number of nitrogens with one attached hydrogen (secondary N) is 1. The van der Waals surface area contributed by atoms with E-state index in [1.54, 1.807) is 0 Å². The zero-order valence-corrected chi connectivity index (χ0v) is 14.9. The van der Waals surface area contributed by atoms with Crippen molar-refractivity contribution in [2.75, 3.05) is 11.9 Å². The molecular weight excluding hydrogens is 412 g/mol. The Kier molecular flexibility index (Phi) is 6.78. The lowest BCUT2D eigenvalue weighted by Crippen LogP contribution is -2.20. The van der Waals surface area contributed by atoms with Gasteiger partial charge < -0.3 is 10.1 Å². The number of halogens is 5. The molecule has 13 heteroatoms. The minimum absolute atomic E-state index is 0.103. The van der Waals surface area contributed by atoms with Gasteiger partial charge in [-0.05, 0) is 6.92 Å². The highest BCUT2D eigenvalue weighted by Crippen LogP contribution is 2.29. The average molecular weight is 425 g/mol. The van der Waals surface area contributed by atoms with E-state index in [0.29, 0.717) is 0 Å². The van der Waals surface area contributed by atoms with Gasteiger partial charge >= 0.3 is 0 Å². The molecule has 0 aliphatic rings. The number of alkyl halides is 4. The molecule has 0 spiro atoms. The molecule has 28 heavy (non-hydrogen) atoms. The van der Waals surface area contributed by atoms with Crippen LogP contribution in [0.4, 0.5) is 28.9 Å². The first-order valence-corrected chi connectivity index (χ1v) is 7.97. The average Bonchev–Trinajstić information content (AvgIpc) is 2.88. The number of rotatable bonds is 8. The summed E-state index contributed by atoms with van der Waals surface area (Å²) in [5, 5.41) is 16.5. The molecule has 0 saturated heterocycles. The summed E-state index contributed by atoms with van der Waals surface area (Å²) < 4.78 is 55.8. The number of nitro benzene ring substituents is 1. The van der Waals surface area contributed by atoms with Gasteiger partial charge in [-0.3, -0.25) is 19.6 Å². The van der Waals surface area contributed by atoms with Crippen molar-refractivity contribution in [3.05, 3.63) is 44.7 Å². The maximum atomic E-state index is 12.8. The van der Waals surface area contributed by atoms with Gasteiger partial charge in [-0.1, -0.05) is 11.6 Å². The van der Waals surface area contributed by atoms with Crippen molar-refractivity contribution in [2.45, 2.75) is 26.3 Å². The molecule has 1 heterocycles. The van der Waals surface area contributed by atoms with Crippen molar-refractivity contribution in [1.82, 2.24) is 9.78 Å². The van der Waals surface area contributed by atoms with Crippen LogP contribution in [0, 0.1) is 17.0 Å². The van der Waals surface area contributed by atoms with Crippen LogP contribution in [0.3, 0.4) is 0 Å². The molecule has 0 unspecified atom stereocenters. The fraction of sp³-hybridized carbons (Fsp3) is 0.333. The van der Waals surface area contributed by atoms with Gasteiger partial charge in [-0.25, -0.2) is 17.6 Å². The summed E-state index contributed by atoms with van der Waals surface area (Å²) in [6.07, 6.45) is -5.73. The fourth-order valence-electron chi connectivity index (χ4n) is 2.18. The molecule has 8 nitrogen and oxygen atoms in total. The maximum Gasteiger partial charge on any atom is 0.283 e. The number of ether oxygens (including phenoxy) is 1. The second-order valence-corrected chi connectivity index (χ2v) is 5.84. The van der Waals surface area contributed by atoms with Gasteiger partial charge in [0.05, 0.1) is 27.4 Å². The standard InChI is InChI=1S/C15H13ClF4N4O4/c1-7-13(16)14(15(19)20)22-23(7)5-12(25)21-8-2-9(24(26)27)4-10(3-8)28-6-11(17)18/h2-4,11,15H,5-6H2,1H3,(H,21,25). The predicted octanol–water partition coefficient (Wildman–Crippen LogP) is 3.97. The molecule has 0 aliphatic carbocycles. The molecule has 2 aromatic rings. The molecule has 1 aromatic carbocycles. The number of anilines is 1. The summed E-state index contributed by atoms with van der Waals surface area (Å²) in [6.45, 7) is -0.109. The van der Waals surface area contributed by atoms with E-state index in [-0.39, 0.29) is 22.2 Å². The smallest absolute Gasteiger partial charge is 0.283 e. The number of hydrogen-bond donors (Lipinski definition) is 1. The van der Waals surface area contributed by atoms with Crippen LogP contribution in [-0.2, 0) is 11.3 Å². The Morgan fingerprint density at radius 3 is 2.57 bits per heavy atom. The van der Waals surface area contributed by atoms with Crippen LogP contribution < -0.4 is 10.1 Å². The summed E-state index contributed by atoms with van der Waals surface area (Å²) in [6, 6.07) is 3.02. The molecule has 0 bridgehead atoms. The lowest BCUT2D eigenvalue weighted by molar-refractivity contribution is -0.384. The quantitative estimate of drug-likeness (QED) is 0.392. The van der Waals surface area contributed by atoms with Crippen LogP contribution in [0.1, 0.15) is 17.8 Å². The molecule has 0 atom stereocenters. The van der Waals surface area contributed by atoms with Crippen molar-refractivity contribution in [1.29, 1.82) is 0 Å². The van der Waals surface area contributed by atoms with E-state index in [1.807, 2.05) is 0 Å². The first-order chi connectivity index (χ1) is 13.1. The van der Waals surface area contributed by atoms with Gasteiger partial charge in [0, 0.05) is 12.1 Å². The summed E-state index contributed by atoms with van der Waals surface area (Å²) >= 11 is 5.74. The molecule has 2 rings (SSSR count). The van der Waals surface area contributed by atoms with Crippen molar-refractivity contribution in [2.24, 2.45) is 0 Å². The number of carbonyl (C=O) groups excluding carboxylic acids is 1. The molecule has 1 amide bonds. The Morgan fingerprint density at radius 2 is 2.04 bits per heavy atom. The number of non-ortho nitro benzene ring substituents is 1. The van der Waals surface area contributed by atoms with Gasteiger partial charge in [0.2, 0.25) is 5.91 Å². The molecule has 0 saturated carbocycles. The van der Waals surface area contributed by atoms with Crippen molar-refractivity contribution in [3.63, 3.8) is 0 Å². The number of aromatic nitrogens is 2. The first-order valence-electron chi connectivity index (χ1n) is 7.59. The van der Waals surface area contributed by atoms with Crippen LogP contribution in [0.15, 0.2) is 18.2 Å². The van der Waals surface area contributed by atoms with Crippen LogP contribution >= 0.6 is 11.6 Å². The number of amides is 1. The van der Waals surface area contributed by atoms with E-state index in [0.717, 1.165) is 22.9 Å². The van der Waals surface area contributed by atoms with E-state index in [9.17, 15) is 32.5 Å². The van der Waals surface area contributed by atoms with Gasteiger partial charge in [0.15, 0.2) is 0 Å². The van der Waals surface area contributed by atoms with E-state index in [1.165, 1.54) is 6.92 Å². The highest BCUT2D eigenvalue weighted by Gasteiger charge is 2.22. The molecule has 1 aromatic heterocycles. The third-order valence-electron chi connectivity index (χ3n) is 3.42. The van der Waals surface area contributed by atoms with Crippen LogP contribution in [0.2, 0.25) is 5.02 Å². The molecule has 152 valence electrons. The van der Waals surface area contributed by atoms with E-state index in [2.05, 4.69) is 10.4 Å². The topological polar surface area (TPSA) is 99.3 Å². The first kappa shape index (κ1) is 21.4. The Labute approximate surface area is 160 Å². The van der Waals surface area contributed by atoms with Crippen LogP contribution in [0.5, 0.6) is 5.75 Å². The van der Waals surface area contributed by atoms with E-state index in [4.69, 9.17) is 16.3 Å². The zero-order chi connectivity index (χ0) is 21.0. The number of nitro groups is 1. The maximum absolute atomic E-state index is 12.8. The summed E-state index contributed by atoms with van der Waals surface area (Å²) in [7, 11) is 0. The Balaban J connectivity index is 2.19. The zero-order valence-electron chi connectivity index (χ0n) is 14.2. The highest BCUT2D eigenvalue weighted by molar-refractivity contribution is 6.31. The monoisotopic (exact) mass is 424 g/mol. The van der Waals surface area contributed by atoms with Crippen molar-refractivity contribution < 1.29 is 32.0 Å². The SMILES string of the molecule is Cc1c(Cl)c(C(F)F)nn1CC(=O)Nc1cc(OCC(F)F)cc([N+](=O)[O-])c1. The third-order valence-corrected chi connectivity index (χ3v) is 3.89. The Bertz CT molecular complexity index is 891. The lowest BCUT2D eigenvalue weighted by atomic mass is 10.2. The molecule has 1 N–H and O–H groups in total. The van der Waals surface area contributed by atoms with Gasteiger partial charge in [-0.2, -0.15) is 5.10 Å². The second-order valence-electron chi connectivity index (χ2n) is 5.47. The molecule has 0 aliphatic heterocycles. The minimum atomic E-state index is -2.93. The van der Waals surface area contributed by atoms with Crippen molar-refractivity contribution in [3.8, 4) is 5.75 Å². The van der Waals surface area contributed by atoms with E-state index >= 15 is 0 Å². The predicted molar refractivity (Wildman–Crippen MR) is 90.2 cm³/mol. The van der Waals surface area contributed by atoms with Gasteiger partial charge in [-0.15, -0.1) is 0 Å². The molecule has 0 radical (unpaired) electrons. The summed E-state index contributed by atoms with van der Waals surface area (Å²) in [4.78, 5) is 22.3. The third kappa shape index (κ3) is 5.31. The highest BCUT2D eigenvalue weighted by atomic mass is 35.5. The fourth-order valence-corrected chi connectivity index (χ4v) is 2.40. The van der Waals surface area contributed by atoms with Crippen LogP contribution in [-0.4, -0.2) is 33.6 Å². The molecular formula is C15H13ClF4N4O4. The summed E-state index contributed by atoms with van der Waals surface area (Å²) in [5.74, 6) is -1.01. The van der Waals surface area contributed by atoms with Gasteiger partial charge in [0.25, 0.3) is 18.5 Å². The number of hydrogen-bond acceptors (Lipinski definition) is 5. The summed E-state index contributed by atoms with van der Waals surface area (Å²) in [5.41, 5.74) is -1.15. The Morgan fingerprint density at radius 1 is 1.36 bits per heavy atom. The van der Waals surface area contributed by atoms with Gasteiger partial charge in [0.1, 0.15) is 24.6 Å². The second kappa shape index (κ2) is 8.87. The number of carbonyl (C=O) groups is 1. The Hall–Kier alpha value is -2.89. The largest absolute Gasteiger partial charge is 0.487 e. The van der Waals surface area contributed by atoms with Crippen molar-refractivity contribution >= 4 is 28.9 Å². The number of benzene rings is 1. The van der Waals surface area contributed by atoms with E-state index < -0.39 is 48.2 Å².